The van der Waals surface area contributed by atoms with Gasteiger partial charge >= 0.3 is 0 Å². The van der Waals surface area contributed by atoms with Crippen LogP contribution in [-0.4, -0.2) is 32.8 Å². The fraction of sp³-hybridized carbons (Fsp3) is 0.538. The topological polar surface area (TPSA) is 33.3 Å². The van der Waals surface area contributed by atoms with Crippen LogP contribution in [0.3, 0.4) is 0 Å². The Morgan fingerprint density at radius 2 is 2.22 bits per heavy atom. The average molecular weight is 336 g/mol. The van der Waals surface area contributed by atoms with Gasteiger partial charge in [-0.05, 0) is 40.5 Å². The molecule has 102 valence electrons. The molecular formula is C13H20BrClN2O. The molecule has 0 spiro atoms. The highest BCUT2D eigenvalue weighted by Crippen LogP contribution is 2.23. The second-order valence-corrected chi connectivity index (χ2v) is 5.49. The van der Waals surface area contributed by atoms with E-state index in [1.165, 1.54) is 5.56 Å². The van der Waals surface area contributed by atoms with E-state index in [4.69, 9.17) is 16.3 Å². The third-order valence-electron chi connectivity index (χ3n) is 2.57. The second-order valence-electron chi connectivity index (χ2n) is 4.23. The summed E-state index contributed by atoms with van der Waals surface area (Å²) in [5.41, 5.74) is 1.19. The zero-order valence-electron chi connectivity index (χ0n) is 10.8. The van der Waals surface area contributed by atoms with Crippen molar-refractivity contribution in [2.24, 2.45) is 0 Å². The first kappa shape index (κ1) is 15.9. The molecular weight excluding hydrogens is 316 g/mol. The summed E-state index contributed by atoms with van der Waals surface area (Å²) in [5, 5.41) is 7.52. The number of methoxy groups -OCH3 is 1. The Morgan fingerprint density at radius 1 is 1.44 bits per heavy atom. The summed E-state index contributed by atoms with van der Waals surface area (Å²) < 4.78 is 5.91. The number of halogens is 2. The van der Waals surface area contributed by atoms with Crippen molar-refractivity contribution in [3.8, 4) is 0 Å². The Kier molecular flexibility index (Phi) is 7.86. The number of hydrogen-bond acceptors (Lipinski definition) is 3. The minimum absolute atomic E-state index is 0.407. The minimum Gasteiger partial charge on any atom is -0.383 e. The lowest BCUT2D eigenvalue weighted by molar-refractivity contribution is 0.198. The molecule has 0 saturated heterocycles. The van der Waals surface area contributed by atoms with Crippen LogP contribution in [0, 0.1) is 0 Å². The van der Waals surface area contributed by atoms with E-state index in [2.05, 4.69) is 39.6 Å². The van der Waals surface area contributed by atoms with Crippen LogP contribution in [0.2, 0.25) is 5.02 Å². The van der Waals surface area contributed by atoms with E-state index in [1.807, 2.05) is 12.1 Å². The molecule has 0 aliphatic rings. The Bertz CT molecular complexity index is 363. The molecule has 5 heteroatoms. The van der Waals surface area contributed by atoms with E-state index in [0.717, 1.165) is 35.7 Å². The molecule has 0 aliphatic heterocycles. The van der Waals surface area contributed by atoms with Gasteiger partial charge < -0.3 is 15.4 Å². The number of rotatable bonds is 8. The van der Waals surface area contributed by atoms with E-state index in [1.54, 1.807) is 7.11 Å². The molecule has 0 aromatic heterocycles. The molecule has 1 unspecified atom stereocenters. The van der Waals surface area contributed by atoms with Crippen molar-refractivity contribution in [1.29, 1.82) is 0 Å². The number of ether oxygens (including phenoxy) is 1. The van der Waals surface area contributed by atoms with Crippen LogP contribution in [0.15, 0.2) is 22.7 Å². The van der Waals surface area contributed by atoms with Gasteiger partial charge in [-0.3, -0.25) is 0 Å². The SMILES string of the molecule is COCCNCC(C)NCc1ccc(Br)c(Cl)c1. The molecule has 0 bridgehead atoms. The zero-order chi connectivity index (χ0) is 13.4. The van der Waals surface area contributed by atoms with Crippen LogP contribution in [0.4, 0.5) is 0 Å². The van der Waals surface area contributed by atoms with Gasteiger partial charge in [-0.2, -0.15) is 0 Å². The first-order valence-electron chi connectivity index (χ1n) is 6.00. The van der Waals surface area contributed by atoms with Gasteiger partial charge in [0.25, 0.3) is 0 Å². The minimum atomic E-state index is 0.407. The summed E-state index contributed by atoms with van der Waals surface area (Å²) in [6.07, 6.45) is 0. The van der Waals surface area contributed by atoms with Gasteiger partial charge in [0, 0.05) is 37.3 Å². The average Bonchev–Trinajstić information content (AvgIpc) is 2.36. The van der Waals surface area contributed by atoms with E-state index < -0.39 is 0 Å². The summed E-state index contributed by atoms with van der Waals surface area (Å²) in [4.78, 5) is 0. The van der Waals surface area contributed by atoms with Crippen LogP contribution in [-0.2, 0) is 11.3 Å². The fourth-order valence-electron chi connectivity index (χ4n) is 1.51. The Labute approximate surface area is 122 Å². The number of benzene rings is 1. The standard InChI is InChI=1S/C13H20BrClN2O/c1-10(8-16-5-6-18-2)17-9-11-3-4-12(14)13(15)7-11/h3-4,7,10,16-17H,5-6,8-9H2,1-2H3. The van der Waals surface area contributed by atoms with Crippen LogP contribution >= 0.6 is 27.5 Å². The van der Waals surface area contributed by atoms with Gasteiger partial charge in [0.2, 0.25) is 0 Å². The van der Waals surface area contributed by atoms with Crippen LogP contribution < -0.4 is 10.6 Å². The predicted molar refractivity (Wildman–Crippen MR) is 80.2 cm³/mol. The van der Waals surface area contributed by atoms with Gasteiger partial charge in [0.1, 0.15) is 0 Å². The van der Waals surface area contributed by atoms with Gasteiger partial charge in [-0.15, -0.1) is 0 Å². The van der Waals surface area contributed by atoms with E-state index in [-0.39, 0.29) is 0 Å². The van der Waals surface area contributed by atoms with Crippen molar-refractivity contribution >= 4 is 27.5 Å². The smallest absolute Gasteiger partial charge is 0.0587 e. The molecule has 1 atom stereocenters. The molecule has 1 aromatic carbocycles. The maximum absolute atomic E-state index is 6.05. The van der Waals surface area contributed by atoms with Crippen LogP contribution in [0.25, 0.3) is 0 Å². The van der Waals surface area contributed by atoms with E-state index in [0.29, 0.717) is 6.04 Å². The molecule has 0 saturated carbocycles. The van der Waals surface area contributed by atoms with Crippen molar-refractivity contribution in [3.63, 3.8) is 0 Å². The molecule has 2 N–H and O–H groups in total. The molecule has 0 amide bonds. The third kappa shape index (κ3) is 6.16. The summed E-state index contributed by atoms with van der Waals surface area (Å²) >= 11 is 9.43. The van der Waals surface area contributed by atoms with Crippen LogP contribution in [0.5, 0.6) is 0 Å². The molecule has 0 fully saturated rings. The molecule has 1 rings (SSSR count). The van der Waals surface area contributed by atoms with Crippen LogP contribution in [0.1, 0.15) is 12.5 Å². The van der Waals surface area contributed by atoms with E-state index in [9.17, 15) is 0 Å². The number of hydrogen-bond donors (Lipinski definition) is 2. The number of nitrogens with one attached hydrogen (secondary N) is 2. The van der Waals surface area contributed by atoms with E-state index >= 15 is 0 Å². The summed E-state index contributed by atoms with van der Waals surface area (Å²) in [6.45, 7) is 5.52. The first-order valence-corrected chi connectivity index (χ1v) is 7.17. The Balaban J connectivity index is 2.24. The Morgan fingerprint density at radius 3 is 2.89 bits per heavy atom. The van der Waals surface area contributed by atoms with Gasteiger partial charge in [-0.25, -0.2) is 0 Å². The summed E-state index contributed by atoms with van der Waals surface area (Å²) in [7, 11) is 1.71. The molecule has 18 heavy (non-hydrogen) atoms. The highest BCUT2D eigenvalue weighted by atomic mass is 79.9. The maximum atomic E-state index is 6.05. The van der Waals surface area contributed by atoms with Crippen molar-refractivity contribution < 1.29 is 4.74 Å². The maximum Gasteiger partial charge on any atom is 0.0587 e. The molecule has 0 aliphatic carbocycles. The van der Waals surface area contributed by atoms with Crippen molar-refractivity contribution in [3.05, 3.63) is 33.3 Å². The second kappa shape index (κ2) is 8.88. The molecule has 0 radical (unpaired) electrons. The lowest BCUT2D eigenvalue weighted by Crippen LogP contribution is -2.37. The van der Waals surface area contributed by atoms with Crippen molar-refractivity contribution in [1.82, 2.24) is 10.6 Å². The van der Waals surface area contributed by atoms with Gasteiger partial charge in [0.15, 0.2) is 0 Å². The summed E-state index contributed by atoms with van der Waals surface area (Å²) in [5.74, 6) is 0. The largest absolute Gasteiger partial charge is 0.383 e. The van der Waals surface area contributed by atoms with Crippen molar-refractivity contribution in [2.45, 2.75) is 19.5 Å². The highest BCUT2D eigenvalue weighted by molar-refractivity contribution is 9.10. The summed E-state index contributed by atoms with van der Waals surface area (Å²) in [6, 6.07) is 6.42. The lowest BCUT2D eigenvalue weighted by Gasteiger charge is -2.15. The normalized spacial score (nSPS) is 12.7. The zero-order valence-corrected chi connectivity index (χ0v) is 13.1. The highest BCUT2D eigenvalue weighted by Gasteiger charge is 2.02. The van der Waals surface area contributed by atoms with Crippen molar-refractivity contribution in [2.75, 3.05) is 26.8 Å². The molecule has 3 nitrogen and oxygen atoms in total. The monoisotopic (exact) mass is 334 g/mol. The quantitative estimate of drug-likeness (QED) is 0.717. The van der Waals surface area contributed by atoms with Gasteiger partial charge in [0.05, 0.1) is 11.6 Å². The molecule has 1 aromatic rings. The third-order valence-corrected chi connectivity index (χ3v) is 3.80. The Hall–Kier alpha value is -0.130. The lowest BCUT2D eigenvalue weighted by atomic mass is 10.2. The first-order chi connectivity index (χ1) is 8.63. The molecule has 0 heterocycles. The van der Waals surface area contributed by atoms with Gasteiger partial charge in [-0.1, -0.05) is 17.7 Å². The fourth-order valence-corrected chi connectivity index (χ4v) is 1.96. The predicted octanol–water partition coefficient (Wildman–Crippen LogP) is 2.82.